The van der Waals surface area contributed by atoms with Gasteiger partial charge in [0, 0.05) is 29.7 Å². The van der Waals surface area contributed by atoms with Crippen molar-refractivity contribution < 1.29 is 18.6 Å². The van der Waals surface area contributed by atoms with Crippen molar-refractivity contribution in [2.24, 2.45) is 5.73 Å². The standard InChI is InChI=1S/C17H18FNO3/c1-20-15-5-3-4-13(17(15)21-2)14-8-11(18)6-10-7-12(9-19)22-16(10)14/h3-6,8,12H,7,9,19H2,1-2H3. The van der Waals surface area contributed by atoms with Crippen LogP contribution in [-0.4, -0.2) is 26.9 Å². The molecular formula is C17H18FNO3. The molecule has 2 aromatic carbocycles. The third kappa shape index (κ3) is 2.37. The highest BCUT2D eigenvalue weighted by molar-refractivity contribution is 5.80. The molecule has 1 unspecified atom stereocenters. The molecule has 4 nitrogen and oxygen atoms in total. The average Bonchev–Trinajstić information content (AvgIpc) is 2.96. The molecule has 0 spiro atoms. The first-order valence-corrected chi connectivity index (χ1v) is 7.08. The molecule has 0 amide bonds. The van der Waals surface area contributed by atoms with Crippen LogP contribution in [0.2, 0.25) is 0 Å². The van der Waals surface area contributed by atoms with Gasteiger partial charge in [-0.2, -0.15) is 0 Å². The van der Waals surface area contributed by atoms with Gasteiger partial charge in [0.25, 0.3) is 0 Å². The summed E-state index contributed by atoms with van der Waals surface area (Å²) in [5, 5.41) is 0. The Morgan fingerprint density at radius 3 is 2.73 bits per heavy atom. The number of hydrogen-bond donors (Lipinski definition) is 1. The van der Waals surface area contributed by atoms with Gasteiger partial charge in [0.15, 0.2) is 11.5 Å². The third-order valence-corrected chi connectivity index (χ3v) is 3.82. The minimum atomic E-state index is -0.306. The molecular weight excluding hydrogens is 285 g/mol. The van der Waals surface area contributed by atoms with Gasteiger partial charge in [-0.05, 0) is 18.2 Å². The fourth-order valence-corrected chi connectivity index (χ4v) is 2.83. The first-order valence-electron chi connectivity index (χ1n) is 7.08. The van der Waals surface area contributed by atoms with Crippen LogP contribution < -0.4 is 19.9 Å². The second kappa shape index (κ2) is 5.85. The SMILES string of the molecule is COc1cccc(-c2cc(F)cc3c2OC(CN)C3)c1OC. The van der Waals surface area contributed by atoms with Gasteiger partial charge >= 0.3 is 0 Å². The number of hydrogen-bond acceptors (Lipinski definition) is 4. The topological polar surface area (TPSA) is 53.7 Å². The Labute approximate surface area is 128 Å². The lowest BCUT2D eigenvalue weighted by molar-refractivity contribution is 0.242. The van der Waals surface area contributed by atoms with E-state index in [-0.39, 0.29) is 11.9 Å². The predicted molar refractivity (Wildman–Crippen MR) is 82.1 cm³/mol. The van der Waals surface area contributed by atoms with E-state index in [1.54, 1.807) is 20.3 Å². The second-order valence-corrected chi connectivity index (χ2v) is 5.16. The lowest BCUT2D eigenvalue weighted by Gasteiger charge is -2.15. The van der Waals surface area contributed by atoms with Crippen molar-refractivity contribution in [1.82, 2.24) is 0 Å². The summed E-state index contributed by atoms with van der Waals surface area (Å²) in [5.74, 6) is 1.51. The molecule has 0 saturated heterocycles. The number of halogens is 1. The summed E-state index contributed by atoms with van der Waals surface area (Å²) in [6.07, 6.45) is 0.496. The molecule has 22 heavy (non-hydrogen) atoms. The summed E-state index contributed by atoms with van der Waals surface area (Å²) in [6, 6.07) is 8.44. The lowest BCUT2D eigenvalue weighted by atomic mass is 9.99. The molecule has 0 bridgehead atoms. The second-order valence-electron chi connectivity index (χ2n) is 5.16. The van der Waals surface area contributed by atoms with Crippen molar-refractivity contribution in [2.75, 3.05) is 20.8 Å². The van der Waals surface area contributed by atoms with E-state index in [1.807, 2.05) is 12.1 Å². The fourth-order valence-electron chi connectivity index (χ4n) is 2.83. The maximum atomic E-state index is 14.0. The fraction of sp³-hybridized carbons (Fsp3) is 0.294. The maximum absolute atomic E-state index is 14.0. The highest BCUT2D eigenvalue weighted by Gasteiger charge is 2.27. The molecule has 0 aliphatic carbocycles. The molecule has 3 rings (SSSR count). The summed E-state index contributed by atoms with van der Waals surface area (Å²) >= 11 is 0. The number of fused-ring (bicyclic) bond motifs is 1. The monoisotopic (exact) mass is 303 g/mol. The van der Waals surface area contributed by atoms with E-state index in [9.17, 15) is 4.39 Å². The van der Waals surface area contributed by atoms with Gasteiger partial charge < -0.3 is 19.9 Å². The molecule has 116 valence electrons. The van der Waals surface area contributed by atoms with Gasteiger partial charge in [-0.25, -0.2) is 4.39 Å². The smallest absolute Gasteiger partial charge is 0.168 e. The van der Waals surface area contributed by atoms with Crippen molar-refractivity contribution in [2.45, 2.75) is 12.5 Å². The van der Waals surface area contributed by atoms with E-state index < -0.39 is 0 Å². The van der Waals surface area contributed by atoms with Crippen LogP contribution in [0.3, 0.4) is 0 Å². The van der Waals surface area contributed by atoms with Gasteiger partial charge in [0.2, 0.25) is 0 Å². The molecule has 1 aliphatic rings. The Morgan fingerprint density at radius 1 is 1.23 bits per heavy atom. The van der Waals surface area contributed by atoms with E-state index in [4.69, 9.17) is 19.9 Å². The molecule has 2 aromatic rings. The van der Waals surface area contributed by atoms with E-state index >= 15 is 0 Å². The minimum absolute atomic E-state index is 0.118. The number of rotatable bonds is 4. The van der Waals surface area contributed by atoms with Gasteiger partial charge in [-0.1, -0.05) is 12.1 Å². The molecule has 1 aliphatic heterocycles. The lowest BCUT2D eigenvalue weighted by Crippen LogP contribution is -2.24. The summed E-state index contributed by atoms with van der Waals surface area (Å²) in [4.78, 5) is 0. The van der Waals surface area contributed by atoms with Crippen LogP contribution in [0.4, 0.5) is 4.39 Å². The highest BCUT2D eigenvalue weighted by atomic mass is 19.1. The van der Waals surface area contributed by atoms with Crippen LogP contribution in [0, 0.1) is 5.82 Å². The van der Waals surface area contributed by atoms with Crippen LogP contribution in [0.5, 0.6) is 17.2 Å². The molecule has 0 aromatic heterocycles. The number of benzene rings is 2. The average molecular weight is 303 g/mol. The van der Waals surface area contributed by atoms with E-state index in [2.05, 4.69) is 0 Å². The van der Waals surface area contributed by atoms with Crippen molar-refractivity contribution in [3.8, 4) is 28.4 Å². The van der Waals surface area contributed by atoms with Crippen molar-refractivity contribution in [3.63, 3.8) is 0 Å². The molecule has 2 N–H and O–H groups in total. The van der Waals surface area contributed by atoms with Crippen LogP contribution >= 0.6 is 0 Å². The Balaban J connectivity index is 2.19. The summed E-state index contributed by atoms with van der Waals surface area (Å²) in [6.45, 7) is 0.394. The summed E-state index contributed by atoms with van der Waals surface area (Å²) < 4.78 is 30.6. The molecule has 5 heteroatoms. The van der Waals surface area contributed by atoms with Crippen molar-refractivity contribution in [1.29, 1.82) is 0 Å². The third-order valence-electron chi connectivity index (χ3n) is 3.82. The van der Waals surface area contributed by atoms with Crippen LogP contribution in [0.1, 0.15) is 5.56 Å². The van der Waals surface area contributed by atoms with Gasteiger partial charge in [0.1, 0.15) is 17.7 Å². The van der Waals surface area contributed by atoms with E-state index in [0.29, 0.717) is 35.8 Å². The predicted octanol–water partition coefficient (Wildman–Crippen LogP) is 2.77. The first-order chi connectivity index (χ1) is 10.7. The zero-order chi connectivity index (χ0) is 15.7. The minimum Gasteiger partial charge on any atom is -0.493 e. The van der Waals surface area contributed by atoms with Gasteiger partial charge in [-0.15, -0.1) is 0 Å². The van der Waals surface area contributed by atoms with Crippen LogP contribution in [0.25, 0.3) is 11.1 Å². The van der Waals surface area contributed by atoms with E-state index in [0.717, 1.165) is 11.1 Å². The van der Waals surface area contributed by atoms with Gasteiger partial charge in [0.05, 0.1) is 14.2 Å². The van der Waals surface area contributed by atoms with E-state index in [1.165, 1.54) is 12.1 Å². The molecule has 0 fully saturated rings. The highest BCUT2D eigenvalue weighted by Crippen LogP contribution is 2.45. The number of methoxy groups -OCH3 is 2. The first kappa shape index (κ1) is 14.7. The van der Waals surface area contributed by atoms with Gasteiger partial charge in [-0.3, -0.25) is 0 Å². The Kier molecular flexibility index (Phi) is 3.90. The summed E-state index contributed by atoms with van der Waals surface area (Å²) in [5.41, 5.74) is 7.89. The summed E-state index contributed by atoms with van der Waals surface area (Å²) in [7, 11) is 3.13. The Hall–Kier alpha value is -2.27. The Morgan fingerprint density at radius 2 is 2.05 bits per heavy atom. The van der Waals surface area contributed by atoms with Crippen LogP contribution in [-0.2, 0) is 6.42 Å². The van der Waals surface area contributed by atoms with Crippen molar-refractivity contribution >= 4 is 0 Å². The molecule has 1 heterocycles. The zero-order valence-corrected chi connectivity index (χ0v) is 12.6. The number of ether oxygens (including phenoxy) is 3. The molecule has 0 saturated carbocycles. The quantitative estimate of drug-likeness (QED) is 0.943. The normalized spacial score (nSPS) is 16.1. The largest absolute Gasteiger partial charge is 0.493 e. The zero-order valence-electron chi connectivity index (χ0n) is 12.6. The Bertz CT molecular complexity index is 703. The molecule has 1 atom stereocenters. The maximum Gasteiger partial charge on any atom is 0.168 e. The number of nitrogens with two attached hydrogens (primary N) is 1. The number of para-hydroxylation sites is 1. The van der Waals surface area contributed by atoms with Crippen molar-refractivity contribution in [3.05, 3.63) is 41.7 Å². The molecule has 0 radical (unpaired) electrons. The van der Waals surface area contributed by atoms with Crippen LogP contribution in [0.15, 0.2) is 30.3 Å².